The zero-order valence-electron chi connectivity index (χ0n) is 18.6. The van der Waals surface area contributed by atoms with Gasteiger partial charge in [0.1, 0.15) is 5.69 Å². The van der Waals surface area contributed by atoms with Crippen LogP contribution in [0.3, 0.4) is 0 Å². The highest BCUT2D eigenvalue weighted by Gasteiger charge is 2.44. The molecule has 0 saturated carbocycles. The molecule has 4 rings (SSSR count). The molecule has 0 aliphatic carbocycles. The van der Waals surface area contributed by atoms with Crippen molar-refractivity contribution in [3.05, 3.63) is 77.4 Å². The Morgan fingerprint density at radius 3 is 2.66 bits per heavy atom. The molecule has 3 aromatic rings. The van der Waals surface area contributed by atoms with Gasteiger partial charge in [0.25, 0.3) is 5.91 Å². The lowest BCUT2D eigenvalue weighted by Gasteiger charge is -2.42. The van der Waals surface area contributed by atoms with Crippen molar-refractivity contribution in [3.63, 3.8) is 0 Å². The smallest absolute Gasteiger partial charge is 0.272 e. The average Bonchev–Trinajstić information content (AvgIpc) is 3.34. The maximum absolute atomic E-state index is 13.6. The number of amides is 2. The second-order valence-electron chi connectivity index (χ2n) is 8.76. The van der Waals surface area contributed by atoms with Crippen molar-refractivity contribution >= 4 is 23.2 Å². The highest BCUT2D eigenvalue weighted by Crippen LogP contribution is 2.38. The van der Waals surface area contributed by atoms with Gasteiger partial charge in [0.15, 0.2) is 0 Å². The Hall–Kier alpha value is -2.99. The molecule has 32 heavy (non-hydrogen) atoms. The van der Waals surface area contributed by atoms with Crippen LogP contribution in [0.5, 0.6) is 0 Å². The van der Waals surface area contributed by atoms with Gasteiger partial charge in [-0.25, -0.2) is 0 Å². The first kappa shape index (κ1) is 22.2. The van der Waals surface area contributed by atoms with Gasteiger partial charge >= 0.3 is 0 Å². The number of likely N-dealkylation sites (tertiary alicyclic amines) is 1. The van der Waals surface area contributed by atoms with E-state index in [0.29, 0.717) is 25.2 Å². The Morgan fingerprint density at radius 2 is 1.94 bits per heavy atom. The molecule has 2 amide bonds. The van der Waals surface area contributed by atoms with Crippen LogP contribution in [0.25, 0.3) is 10.4 Å². The minimum absolute atomic E-state index is 0.0204. The zero-order chi connectivity index (χ0) is 22.6. The van der Waals surface area contributed by atoms with Crippen LogP contribution in [-0.4, -0.2) is 40.8 Å². The topological polar surface area (TPSA) is 62.3 Å². The standard InChI is InChI=1S/C26H29N3O2S/c1-19(2)28-25(31)26(17-20-9-3-4-10-21(20)23-12-7-16-32-23)13-8-15-29(18-26)24(30)22-11-5-6-14-27-22/h3-7,9-12,14,16,19H,8,13,15,17-18H2,1-2H3,(H,28,31)/t26-/m1/s1. The Bertz CT molecular complexity index is 1070. The Labute approximate surface area is 193 Å². The van der Waals surface area contributed by atoms with E-state index in [0.717, 1.165) is 24.0 Å². The Kier molecular flexibility index (Phi) is 6.70. The number of nitrogens with one attached hydrogen (secondary N) is 1. The predicted molar refractivity (Wildman–Crippen MR) is 129 cm³/mol. The summed E-state index contributed by atoms with van der Waals surface area (Å²) in [5, 5.41) is 5.21. The highest BCUT2D eigenvalue weighted by molar-refractivity contribution is 7.13. The first-order valence-electron chi connectivity index (χ1n) is 11.1. The van der Waals surface area contributed by atoms with Crippen molar-refractivity contribution in [2.75, 3.05) is 13.1 Å². The molecule has 1 saturated heterocycles. The first-order chi connectivity index (χ1) is 15.5. The van der Waals surface area contributed by atoms with E-state index in [1.807, 2.05) is 38.1 Å². The van der Waals surface area contributed by atoms with E-state index < -0.39 is 5.41 Å². The number of hydrogen-bond donors (Lipinski definition) is 1. The maximum Gasteiger partial charge on any atom is 0.272 e. The number of thiophene rings is 1. The number of pyridine rings is 1. The van der Waals surface area contributed by atoms with E-state index in [4.69, 9.17) is 0 Å². The van der Waals surface area contributed by atoms with Crippen LogP contribution < -0.4 is 5.32 Å². The van der Waals surface area contributed by atoms with Crippen LogP contribution in [0.1, 0.15) is 42.7 Å². The van der Waals surface area contributed by atoms with E-state index in [9.17, 15) is 9.59 Å². The van der Waals surface area contributed by atoms with Crippen molar-refractivity contribution in [2.24, 2.45) is 5.41 Å². The van der Waals surface area contributed by atoms with E-state index in [1.165, 1.54) is 4.88 Å². The largest absolute Gasteiger partial charge is 0.353 e. The zero-order valence-corrected chi connectivity index (χ0v) is 19.4. The molecule has 0 unspecified atom stereocenters. The lowest BCUT2D eigenvalue weighted by molar-refractivity contribution is -0.134. The summed E-state index contributed by atoms with van der Waals surface area (Å²) in [5.41, 5.74) is 2.04. The fourth-order valence-electron chi connectivity index (χ4n) is 4.49. The molecular weight excluding hydrogens is 418 g/mol. The van der Waals surface area contributed by atoms with Gasteiger partial charge in [0, 0.05) is 30.2 Å². The summed E-state index contributed by atoms with van der Waals surface area (Å²) in [6.07, 6.45) is 3.75. The number of carbonyl (C=O) groups is 2. The third-order valence-corrected chi connectivity index (χ3v) is 6.89. The van der Waals surface area contributed by atoms with Gasteiger partial charge in [-0.2, -0.15) is 0 Å². The second kappa shape index (κ2) is 9.65. The minimum Gasteiger partial charge on any atom is -0.353 e. The van der Waals surface area contributed by atoms with Crippen LogP contribution >= 0.6 is 11.3 Å². The molecule has 1 aliphatic rings. The molecule has 1 fully saturated rings. The number of nitrogens with zero attached hydrogens (tertiary/aromatic N) is 2. The number of benzene rings is 1. The molecule has 0 bridgehead atoms. The molecule has 6 heteroatoms. The molecule has 1 atom stereocenters. The average molecular weight is 448 g/mol. The summed E-state index contributed by atoms with van der Waals surface area (Å²) in [7, 11) is 0. The lowest BCUT2D eigenvalue weighted by Crippen LogP contribution is -2.55. The van der Waals surface area contributed by atoms with Crippen LogP contribution in [-0.2, 0) is 11.2 Å². The molecule has 3 heterocycles. The number of hydrogen-bond acceptors (Lipinski definition) is 4. The van der Waals surface area contributed by atoms with E-state index >= 15 is 0 Å². The van der Waals surface area contributed by atoms with Crippen molar-refractivity contribution in [3.8, 4) is 10.4 Å². The Balaban J connectivity index is 1.68. The molecular formula is C26H29N3O2S. The summed E-state index contributed by atoms with van der Waals surface area (Å²) in [5.74, 6) is -0.0921. The number of piperidine rings is 1. The Morgan fingerprint density at radius 1 is 1.12 bits per heavy atom. The molecule has 1 aromatic carbocycles. The SMILES string of the molecule is CC(C)NC(=O)[C@@]1(Cc2ccccc2-c2cccs2)CCCN(C(=O)c2ccccn2)C1. The summed E-state index contributed by atoms with van der Waals surface area (Å²) >= 11 is 1.70. The van der Waals surface area contributed by atoms with Crippen LogP contribution in [0.15, 0.2) is 66.2 Å². The number of carbonyl (C=O) groups excluding carboxylic acids is 2. The third-order valence-electron chi connectivity index (χ3n) is 5.98. The van der Waals surface area contributed by atoms with Crippen molar-refractivity contribution < 1.29 is 9.59 Å². The predicted octanol–water partition coefficient (Wildman–Crippen LogP) is 4.80. The van der Waals surface area contributed by atoms with Crippen molar-refractivity contribution in [1.82, 2.24) is 15.2 Å². The summed E-state index contributed by atoms with van der Waals surface area (Å²) in [6.45, 7) is 4.98. The fraction of sp³-hybridized carbons (Fsp3) is 0.346. The summed E-state index contributed by atoms with van der Waals surface area (Å²) in [6, 6.07) is 17.8. The fourth-order valence-corrected chi connectivity index (χ4v) is 5.28. The molecule has 166 valence electrons. The van der Waals surface area contributed by atoms with Crippen molar-refractivity contribution in [2.45, 2.75) is 39.2 Å². The van der Waals surface area contributed by atoms with E-state index in [2.05, 4.69) is 33.9 Å². The maximum atomic E-state index is 13.6. The highest BCUT2D eigenvalue weighted by atomic mass is 32.1. The number of rotatable bonds is 6. The number of aromatic nitrogens is 1. The van der Waals surface area contributed by atoms with Gasteiger partial charge < -0.3 is 10.2 Å². The minimum atomic E-state index is -0.680. The molecule has 1 N–H and O–H groups in total. The van der Waals surface area contributed by atoms with Gasteiger partial charge in [-0.3, -0.25) is 14.6 Å². The summed E-state index contributed by atoms with van der Waals surface area (Å²) < 4.78 is 0. The van der Waals surface area contributed by atoms with Gasteiger partial charge in [0.05, 0.1) is 5.41 Å². The van der Waals surface area contributed by atoms with Gasteiger partial charge in [-0.05, 0) is 67.8 Å². The van der Waals surface area contributed by atoms with Gasteiger partial charge in [-0.1, -0.05) is 36.4 Å². The normalized spacial score (nSPS) is 18.5. The first-order valence-corrected chi connectivity index (χ1v) is 12.0. The molecule has 5 nitrogen and oxygen atoms in total. The molecule has 1 aliphatic heterocycles. The van der Waals surface area contributed by atoms with Crippen LogP contribution in [0.4, 0.5) is 0 Å². The van der Waals surface area contributed by atoms with Crippen molar-refractivity contribution in [1.29, 1.82) is 0 Å². The van der Waals surface area contributed by atoms with Crippen LogP contribution in [0, 0.1) is 5.41 Å². The van der Waals surface area contributed by atoms with E-state index in [1.54, 1.807) is 34.6 Å². The molecule has 2 aromatic heterocycles. The summed E-state index contributed by atoms with van der Waals surface area (Å²) in [4.78, 5) is 34.0. The van der Waals surface area contributed by atoms with Gasteiger partial charge in [0.2, 0.25) is 5.91 Å². The molecule has 0 radical (unpaired) electrons. The molecule has 0 spiro atoms. The monoisotopic (exact) mass is 447 g/mol. The second-order valence-corrected chi connectivity index (χ2v) is 9.71. The van der Waals surface area contributed by atoms with Crippen LogP contribution in [0.2, 0.25) is 0 Å². The quantitative estimate of drug-likeness (QED) is 0.590. The third kappa shape index (κ3) is 4.75. The van der Waals surface area contributed by atoms with E-state index in [-0.39, 0.29) is 17.9 Å². The lowest BCUT2D eigenvalue weighted by atomic mass is 9.73. The van der Waals surface area contributed by atoms with Gasteiger partial charge in [-0.15, -0.1) is 11.3 Å².